The molecule has 0 saturated heterocycles. The average Bonchev–Trinajstić information content (AvgIpc) is 2.41. The maximum Gasteiger partial charge on any atom is 0.328 e. The molecule has 0 heterocycles. The summed E-state index contributed by atoms with van der Waals surface area (Å²) in [5, 5.41) is 12.0. The maximum atomic E-state index is 11.0. The number of nitrogens with zero attached hydrogens (tertiary/aromatic N) is 1. The van der Waals surface area contributed by atoms with Crippen LogP contribution in [0.3, 0.4) is 0 Å². The Balaban J connectivity index is 2.72. The van der Waals surface area contributed by atoms with E-state index in [1.54, 1.807) is 0 Å². The Hall–Kier alpha value is -1.75. The Morgan fingerprint density at radius 1 is 1.32 bits per heavy atom. The number of carboxylic acids is 1. The van der Waals surface area contributed by atoms with E-state index in [0.29, 0.717) is 0 Å². The Morgan fingerprint density at radius 3 is 2.32 bits per heavy atom. The fourth-order valence-corrected chi connectivity index (χ4v) is 1.90. The predicted octanol–water partition coefficient (Wildman–Crippen LogP) is 2.04. The lowest BCUT2D eigenvalue weighted by Gasteiger charge is -2.21. The minimum absolute atomic E-state index is 0.132. The lowest BCUT2D eigenvalue weighted by atomic mass is 10.2. The first-order chi connectivity index (χ1) is 9.12. The Labute approximate surface area is 114 Å². The molecule has 0 radical (unpaired) electrons. The molecule has 0 aliphatic carbocycles. The molecule has 0 bridgehead atoms. The monoisotopic (exact) mass is 266 g/mol. The van der Waals surface area contributed by atoms with Crippen molar-refractivity contribution >= 4 is 17.3 Å². The molecule has 19 heavy (non-hydrogen) atoms. The van der Waals surface area contributed by atoms with Gasteiger partial charge in [0.25, 0.3) is 0 Å². The molecule has 106 valence electrons. The van der Waals surface area contributed by atoms with Gasteiger partial charge in [-0.15, -0.1) is 0 Å². The molecular formula is C14H22N2O3. The van der Waals surface area contributed by atoms with E-state index in [1.807, 2.05) is 24.3 Å². The van der Waals surface area contributed by atoms with Gasteiger partial charge in [-0.25, -0.2) is 4.79 Å². The molecular weight excluding hydrogens is 244 g/mol. The molecule has 1 rings (SSSR count). The molecule has 0 spiro atoms. The van der Waals surface area contributed by atoms with Gasteiger partial charge in [-0.1, -0.05) is 0 Å². The van der Waals surface area contributed by atoms with Gasteiger partial charge in [-0.05, 0) is 38.1 Å². The second-order valence-electron chi connectivity index (χ2n) is 4.21. The van der Waals surface area contributed by atoms with E-state index in [1.165, 1.54) is 7.11 Å². The van der Waals surface area contributed by atoms with Crippen LogP contribution >= 0.6 is 0 Å². The second-order valence-corrected chi connectivity index (χ2v) is 4.21. The minimum Gasteiger partial charge on any atom is -0.480 e. The second kappa shape index (κ2) is 7.63. The summed E-state index contributed by atoms with van der Waals surface area (Å²) in [6.45, 7) is 6.24. The standard InChI is InChI=1S/C14H22N2O3/c1-4-16(5-2)12-8-6-11(7-9-12)15-13(10-19-3)14(17)18/h6-9,13,15H,4-5,10H2,1-3H3,(H,17,18). The van der Waals surface area contributed by atoms with E-state index in [0.717, 1.165) is 24.5 Å². The van der Waals surface area contributed by atoms with Crippen molar-refractivity contribution in [2.24, 2.45) is 0 Å². The largest absolute Gasteiger partial charge is 0.480 e. The van der Waals surface area contributed by atoms with E-state index in [9.17, 15) is 4.79 Å². The number of hydrogen-bond donors (Lipinski definition) is 2. The van der Waals surface area contributed by atoms with E-state index in [4.69, 9.17) is 9.84 Å². The molecule has 0 aromatic heterocycles. The van der Waals surface area contributed by atoms with Crippen LogP contribution in [0.15, 0.2) is 24.3 Å². The molecule has 1 atom stereocenters. The molecule has 0 saturated carbocycles. The average molecular weight is 266 g/mol. The number of ether oxygens (including phenoxy) is 1. The van der Waals surface area contributed by atoms with Gasteiger partial charge in [0.2, 0.25) is 0 Å². The summed E-state index contributed by atoms with van der Waals surface area (Å²) in [5.74, 6) is -0.922. The van der Waals surface area contributed by atoms with Crippen LogP contribution in [0.25, 0.3) is 0 Å². The number of benzene rings is 1. The summed E-state index contributed by atoms with van der Waals surface area (Å²) >= 11 is 0. The van der Waals surface area contributed by atoms with Crippen molar-refractivity contribution in [3.05, 3.63) is 24.3 Å². The molecule has 0 fully saturated rings. The van der Waals surface area contributed by atoms with Gasteiger partial charge in [-0.2, -0.15) is 0 Å². The fraction of sp³-hybridized carbons (Fsp3) is 0.500. The van der Waals surface area contributed by atoms with Crippen molar-refractivity contribution in [2.45, 2.75) is 19.9 Å². The van der Waals surface area contributed by atoms with Crippen LogP contribution in [0.4, 0.5) is 11.4 Å². The van der Waals surface area contributed by atoms with Crippen LogP contribution in [-0.4, -0.2) is 43.9 Å². The molecule has 0 amide bonds. The van der Waals surface area contributed by atoms with E-state index in [-0.39, 0.29) is 6.61 Å². The molecule has 5 heteroatoms. The van der Waals surface area contributed by atoms with Gasteiger partial charge in [0.15, 0.2) is 0 Å². The predicted molar refractivity (Wildman–Crippen MR) is 76.9 cm³/mol. The first-order valence-electron chi connectivity index (χ1n) is 6.45. The van der Waals surface area contributed by atoms with Crippen molar-refractivity contribution in [1.82, 2.24) is 0 Å². The Bertz CT molecular complexity index is 388. The summed E-state index contributed by atoms with van der Waals surface area (Å²) in [6.07, 6.45) is 0. The fourth-order valence-electron chi connectivity index (χ4n) is 1.90. The van der Waals surface area contributed by atoms with Gasteiger partial charge < -0.3 is 20.1 Å². The highest BCUT2D eigenvalue weighted by atomic mass is 16.5. The van der Waals surface area contributed by atoms with E-state index >= 15 is 0 Å². The first-order valence-corrected chi connectivity index (χ1v) is 6.45. The third kappa shape index (κ3) is 4.44. The number of anilines is 2. The molecule has 1 aromatic carbocycles. The zero-order valence-corrected chi connectivity index (χ0v) is 11.7. The molecule has 2 N–H and O–H groups in total. The molecule has 0 aliphatic heterocycles. The molecule has 0 aliphatic rings. The number of nitrogens with one attached hydrogen (secondary N) is 1. The lowest BCUT2D eigenvalue weighted by molar-refractivity contribution is -0.139. The summed E-state index contributed by atoms with van der Waals surface area (Å²) in [4.78, 5) is 13.2. The van der Waals surface area contributed by atoms with Crippen LogP contribution in [0.5, 0.6) is 0 Å². The quantitative estimate of drug-likeness (QED) is 0.754. The van der Waals surface area contributed by atoms with Crippen molar-refractivity contribution in [1.29, 1.82) is 0 Å². The van der Waals surface area contributed by atoms with Crippen LogP contribution in [-0.2, 0) is 9.53 Å². The lowest BCUT2D eigenvalue weighted by Crippen LogP contribution is -2.33. The first kappa shape index (κ1) is 15.3. The van der Waals surface area contributed by atoms with Gasteiger partial charge in [0, 0.05) is 31.6 Å². The van der Waals surface area contributed by atoms with Crippen LogP contribution in [0, 0.1) is 0 Å². The molecule has 1 unspecified atom stereocenters. The summed E-state index contributed by atoms with van der Waals surface area (Å²) in [5.41, 5.74) is 1.91. The normalized spacial score (nSPS) is 11.9. The molecule has 5 nitrogen and oxygen atoms in total. The number of rotatable bonds is 8. The van der Waals surface area contributed by atoms with E-state index in [2.05, 4.69) is 24.1 Å². The summed E-state index contributed by atoms with van der Waals surface area (Å²) in [6, 6.07) is 7.02. The van der Waals surface area contributed by atoms with Crippen molar-refractivity contribution < 1.29 is 14.6 Å². The van der Waals surface area contributed by atoms with Crippen LogP contribution in [0.2, 0.25) is 0 Å². The topological polar surface area (TPSA) is 61.8 Å². The number of aliphatic carboxylic acids is 1. The third-order valence-electron chi connectivity index (χ3n) is 2.97. The Morgan fingerprint density at radius 2 is 1.89 bits per heavy atom. The SMILES string of the molecule is CCN(CC)c1ccc(NC(COC)C(=O)O)cc1. The van der Waals surface area contributed by atoms with Gasteiger partial charge in [0.1, 0.15) is 6.04 Å². The number of methoxy groups -OCH3 is 1. The van der Waals surface area contributed by atoms with Crippen LogP contribution in [0.1, 0.15) is 13.8 Å². The maximum absolute atomic E-state index is 11.0. The van der Waals surface area contributed by atoms with Gasteiger partial charge in [0.05, 0.1) is 6.61 Å². The highest BCUT2D eigenvalue weighted by Crippen LogP contribution is 2.18. The number of carbonyl (C=O) groups is 1. The van der Waals surface area contributed by atoms with Crippen molar-refractivity contribution in [3.63, 3.8) is 0 Å². The third-order valence-corrected chi connectivity index (χ3v) is 2.97. The number of carboxylic acid groups (broad SMARTS) is 1. The highest BCUT2D eigenvalue weighted by Gasteiger charge is 2.16. The zero-order valence-electron chi connectivity index (χ0n) is 11.7. The van der Waals surface area contributed by atoms with Crippen molar-refractivity contribution in [3.8, 4) is 0 Å². The van der Waals surface area contributed by atoms with Gasteiger partial charge in [-0.3, -0.25) is 0 Å². The summed E-state index contributed by atoms with van der Waals surface area (Å²) < 4.78 is 4.88. The minimum atomic E-state index is -0.922. The smallest absolute Gasteiger partial charge is 0.328 e. The van der Waals surface area contributed by atoms with Gasteiger partial charge >= 0.3 is 5.97 Å². The zero-order chi connectivity index (χ0) is 14.3. The van der Waals surface area contributed by atoms with Crippen molar-refractivity contribution in [2.75, 3.05) is 37.0 Å². The number of hydrogen-bond acceptors (Lipinski definition) is 4. The highest BCUT2D eigenvalue weighted by molar-refractivity contribution is 5.77. The molecule has 1 aromatic rings. The van der Waals surface area contributed by atoms with E-state index < -0.39 is 12.0 Å². The summed E-state index contributed by atoms with van der Waals surface area (Å²) in [7, 11) is 1.49. The van der Waals surface area contributed by atoms with Crippen LogP contribution < -0.4 is 10.2 Å². The Kier molecular flexibility index (Phi) is 6.15.